The van der Waals surface area contributed by atoms with Gasteiger partial charge in [0.25, 0.3) is 23.6 Å². The van der Waals surface area contributed by atoms with Gasteiger partial charge in [-0.3, -0.25) is 24.1 Å². The summed E-state index contributed by atoms with van der Waals surface area (Å²) >= 11 is 0. The molecular formula is C30H29N3O8. The van der Waals surface area contributed by atoms with Crippen molar-refractivity contribution in [2.75, 3.05) is 32.2 Å². The van der Waals surface area contributed by atoms with Crippen LogP contribution in [-0.4, -0.2) is 61.6 Å². The first-order chi connectivity index (χ1) is 19.8. The maximum atomic E-state index is 12.8. The molecule has 4 amide bonds. The Morgan fingerprint density at radius 1 is 0.854 bits per heavy atom. The zero-order valence-corrected chi connectivity index (χ0v) is 22.6. The van der Waals surface area contributed by atoms with Gasteiger partial charge in [0.2, 0.25) is 0 Å². The number of rotatable bonds is 11. The largest absolute Gasteiger partial charge is 0.513 e. The van der Waals surface area contributed by atoms with Crippen LogP contribution in [0.25, 0.3) is 0 Å². The fourth-order valence-electron chi connectivity index (χ4n) is 4.17. The summed E-state index contributed by atoms with van der Waals surface area (Å²) in [5.41, 5.74) is 2.32. The minimum atomic E-state index is -0.825. The molecule has 1 heterocycles. The van der Waals surface area contributed by atoms with E-state index in [4.69, 9.17) is 14.2 Å². The number of nitrogens with zero attached hydrogens (tertiary/aromatic N) is 1. The molecule has 0 atom stereocenters. The van der Waals surface area contributed by atoms with E-state index in [0.717, 1.165) is 10.5 Å². The number of hydrogen-bond acceptors (Lipinski definition) is 8. The van der Waals surface area contributed by atoms with Crippen molar-refractivity contribution in [2.45, 2.75) is 19.9 Å². The number of fused-ring (bicyclic) bond motifs is 1. The van der Waals surface area contributed by atoms with E-state index in [1.807, 2.05) is 0 Å². The van der Waals surface area contributed by atoms with Gasteiger partial charge in [-0.1, -0.05) is 12.1 Å². The first-order valence-corrected chi connectivity index (χ1v) is 12.9. The van der Waals surface area contributed by atoms with Crippen LogP contribution in [0.5, 0.6) is 5.75 Å². The van der Waals surface area contributed by atoms with Crippen molar-refractivity contribution in [3.05, 3.63) is 94.5 Å². The third kappa shape index (κ3) is 7.14. The van der Waals surface area contributed by atoms with Crippen molar-refractivity contribution in [1.82, 2.24) is 10.2 Å². The zero-order valence-electron chi connectivity index (χ0n) is 22.6. The van der Waals surface area contributed by atoms with Crippen LogP contribution in [0.1, 0.15) is 60.3 Å². The van der Waals surface area contributed by atoms with Crippen molar-refractivity contribution in [3.8, 4) is 5.75 Å². The number of anilines is 1. The number of ether oxygens (including phenoxy) is 3. The van der Waals surface area contributed by atoms with Gasteiger partial charge in [0.1, 0.15) is 5.75 Å². The molecule has 0 bridgehead atoms. The first-order valence-electron chi connectivity index (χ1n) is 12.9. The summed E-state index contributed by atoms with van der Waals surface area (Å²) in [5.74, 6) is -1.35. The lowest BCUT2D eigenvalue weighted by molar-refractivity contribution is 0.0637. The predicted molar refractivity (Wildman–Crippen MR) is 148 cm³/mol. The van der Waals surface area contributed by atoms with E-state index in [2.05, 4.69) is 10.6 Å². The van der Waals surface area contributed by atoms with E-state index in [1.165, 1.54) is 42.5 Å². The SMILES string of the molecule is CCOC(=O)Oc1ccc(C(=O)Nc2cccc(CNC(=O)c3ccc4c(c3)C(=O)N(CCCOC)C4=O)c2)cc1. The van der Waals surface area contributed by atoms with Crippen molar-refractivity contribution in [2.24, 2.45) is 0 Å². The second-order valence-electron chi connectivity index (χ2n) is 9.02. The van der Waals surface area contributed by atoms with Crippen molar-refractivity contribution in [3.63, 3.8) is 0 Å². The van der Waals surface area contributed by atoms with Crippen LogP contribution in [0.3, 0.4) is 0 Å². The number of imide groups is 1. The maximum absolute atomic E-state index is 12.8. The van der Waals surface area contributed by atoms with Crippen LogP contribution in [0.15, 0.2) is 66.7 Å². The zero-order chi connectivity index (χ0) is 29.4. The van der Waals surface area contributed by atoms with Crippen LogP contribution >= 0.6 is 0 Å². The number of benzene rings is 3. The maximum Gasteiger partial charge on any atom is 0.513 e. The summed E-state index contributed by atoms with van der Waals surface area (Å²) < 4.78 is 14.7. The number of carbonyl (C=O) groups is 5. The molecule has 11 nitrogen and oxygen atoms in total. The fourth-order valence-corrected chi connectivity index (χ4v) is 4.17. The average Bonchev–Trinajstić information content (AvgIpc) is 3.21. The normalized spacial score (nSPS) is 12.1. The van der Waals surface area contributed by atoms with E-state index in [-0.39, 0.29) is 54.0 Å². The number of carbonyl (C=O) groups excluding carboxylic acids is 5. The molecule has 0 radical (unpaired) electrons. The summed E-state index contributed by atoms with van der Waals surface area (Å²) in [6, 6.07) is 17.4. The summed E-state index contributed by atoms with van der Waals surface area (Å²) in [6.07, 6.45) is -0.304. The predicted octanol–water partition coefficient (Wildman–Crippen LogP) is 4.04. The lowest BCUT2D eigenvalue weighted by Crippen LogP contribution is -2.31. The molecule has 212 valence electrons. The number of nitrogens with one attached hydrogen (secondary N) is 2. The Kier molecular flexibility index (Phi) is 9.43. The third-order valence-corrected chi connectivity index (χ3v) is 6.18. The highest BCUT2D eigenvalue weighted by Gasteiger charge is 2.35. The van der Waals surface area contributed by atoms with Crippen molar-refractivity contribution in [1.29, 1.82) is 0 Å². The van der Waals surface area contributed by atoms with Gasteiger partial charge in [-0.25, -0.2) is 4.79 Å². The molecule has 0 aliphatic carbocycles. The monoisotopic (exact) mass is 559 g/mol. The topological polar surface area (TPSA) is 140 Å². The van der Waals surface area contributed by atoms with Gasteiger partial charge in [0.15, 0.2) is 0 Å². The summed E-state index contributed by atoms with van der Waals surface area (Å²) in [7, 11) is 1.55. The molecule has 41 heavy (non-hydrogen) atoms. The van der Waals surface area contributed by atoms with E-state index in [1.54, 1.807) is 38.3 Å². The number of amides is 4. The minimum Gasteiger partial charge on any atom is -0.434 e. The molecule has 11 heteroatoms. The highest BCUT2D eigenvalue weighted by Crippen LogP contribution is 2.24. The van der Waals surface area contributed by atoms with Crippen molar-refractivity contribution >= 4 is 35.5 Å². The lowest BCUT2D eigenvalue weighted by atomic mass is 10.1. The highest BCUT2D eigenvalue weighted by molar-refractivity contribution is 6.22. The third-order valence-electron chi connectivity index (χ3n) is 6.18. The van der Waals surface area contributed by atoms with Crippen LogP contribution < -0.4 is 15.4 Å². The summed E-state index contributed by atoms with van der Waals surface area (Å²) in [5, 5.41) is 5.59. The van der Waals surface area contributed by atoms with E-state index in [9.17, 15) is 24.0 Å². The Hall–Kier alpha value is -5.03. The fraction of sp³-hybridized carbons (Fsp3) is 0.233. The average molecular weight is 560 g/mol. The van der Waals surface area contributed by atoms with Crippen LogP contribution in [0.2, 0.25) is 0 Å². The lowest BCUT2D eigenvalue weighted by Gasteiger charge is -2.12. The quantitative estimate of drug-likeness (QED) is 0.155. The molecule has 0 saturated heterocycles. The molecular weight excluding hydrogens is 530 g/mol. The standard InChI is InChI=1S/C30H29N3O8/c1-3-40-30(38)41-23-11-8-20(9-12-23)27(35)32-22-7-4-6-19(16-22)18-31-26(34)21-10-13-24-25(17-21)29(37)33(28(24)36)14-5-15-39-2/h4,6-13,16-17H,3,5,14-15,18H2,1-2H3,(H,31,34)(H,32,35). The van der Waals surface area contributed by atoms with Gasteiger partial charge in [-0.05, 0) is 73.5 Å². The molecule has 3 aromatic carbocycles. The van der Waals surface area contributed by atoms with Gasteiger partial charge < -0.3 is 24.8 Å². The number of methoxy groups -OCH3 is 1. The van der Waals surface area contributed by atoms with Gasteiger partial charge in [-0.15, -0.1) is 0 Å². The molecule has 1 aliphatic heterocycles. The Balaban J connectivity index is 1.34. The second-order valence-corrected chi connectivity index (χ2v) is 9.02. The van der Waals surface area contributed by atoms with Crippen LogP contribution in [-0.2, 0) is 16.0 Å². The van der Waals surface area contributed by atoms with E-state index >= 15 is 0 Å². The molecule has 0 unspecified atom stereocenters. The minimum absolute atomic E-state index is 0.162. The molecule has 3 aromatic rings. The van der Waals surface area contributed by atoms with E-state index < -0.39 is 18.0 Å². The van der Waals surface area contributed by atoms with Crippen LogP contribution in [0, 0.1) is 0 Å². The van der Waals surface area contributed by atoms with E-state index in [0.29, 0.717) is 24.3 Å². The Morgan fingerprint density at radius 3 is 2.32 bits per heavy atom. The smallest absolute Gasteiger partial charge is 0.434 e. The van der Waals surface area contributed by atoms with Crippen LogP contribution in [0.4, 0.5) is 10.5 Å². The Morgan fingerprint density at radius 2 is 1.59 bits per heavy atom. The molecule has 0 spiro atoms. The second kappa shape index (κ2) is 13.4. The molecule has 0 aromatic heterocycles. The van der Waals surface area contributed by atoms with Gasteiger partial charge in [0, 0.05) is 43.6 Å². The molecule has 2 N–H and O–H groups in total. The Labute approximate surface area is 236 Å². The first kappa shape index (κ1) is 29.0. The summed E-state index contributed by atoms with van der Waals surface area (Å²) in [4.78, 5) is 63.4. The van der Waals surface area contributed by atoms with Gasteiger partial charge in [-0.2, -0.15) is 0 Å². The van der Waals surface area contributed by atoms with Gasteiger partial charge in [0.05, 0.1) is 17.7 Å². The Bertz CT molecular complexity index is 1470. The van der Waals surface area contributed by atoms with Gasteiger partial charge >= 0.3 is 6.16 Å². The molecule has 0 saturated carbocycles. The molecule has 0 fully saturated rings. The van der Waals surface area contributed by atoms with Crippen molar-refractivity contribution < 1.29 is 38.2 Å². The highest BCUT2D eigenvalue weighted by atomic mass is 16.7. The summed E-state index contributed by atoms with van der Waals surface area (Å²) in [6.45, 7) is 2.68. The molecule has 4 rings (SSSR count). The molecule has 1 aliphatic rings. The number of hydrogen-bond donors (Lipinski definition) is 2.